The molecule has 100 valence electrons. The number of hydrogen-bond acceptors (Lipinski definition) is 4. The minimum atomic E-state index is 0.0161. The molecule has 0 radical (unpaired) electrons. The molecule has 1 amide bonds. The average Bonchev–Trinajstić information content (AvgIpc) is 2.27. The van der Waals surface area contributed by atoms with Crippen LogP contribution in [0.15, 0.2) is 23.1 Å². The minimum absolute atomic E-state index is 0.0161. The summed E-state index contributed by atoms with van der Waals surface area (Å²) in [5.74, 6) is 0.951. The molecule has 4 nitrogen and oxygen atoms in total. The lowest BCUT2D eigenvalue weighted by Crippen LogP contribution is -2.22. The first-order valence-corrected chi connectivity index (χ1v) is 6.79. The van der Waals surface area contributed by atoms with E-state index in [-0.39, 0.29) is 5.91 Å². The second kappa shape index (κ2) is 6.66. The first-order valence-electron chi connectivity index (χ1n) is 5.80. The molecule has 0 aliphatic rings. The van der Waals surface area contributed by atoms with Crippen LogP contribution in [0.3, 0.4) is 0 Å². The number of rotatable bonds is 5. The highest BCUT2D eigenvalue weighted by atomic mass is 32.2. The van der Waals surface area contributed by atoms with E-state index < -0.39 is 0 Å². The summed E-state index contributed by atoms with van der Waals surface area (Å²) in [7, 11) is 7.58. The van der Waals surface area contributed by atoms with Crippen molar-refractivity contribution >= 4 is 23.4 Å². The van der Waals surface area contributed by atoms with E-state index in [1.165, 1.54) is 0 Å². The SMILES string of the molecule is CN(C)CCSc1cc(N)ccc1C(=O)N(C)C. The lowest BCUT2D eigenvalue weighted by atomic mass is 10.2. The molecule has 1 rings (SSSR count). The number of thioether (sulfide) groups is 1. The molecule has 2 N–H and O–H groups in total. The van der Waals surface area contributed by atoms with Crippen LogP contribution in [0.2, 0.25) is 0 Å². The molecule has 0 atom stereocenters. The first kappa shape index (κ1) is 14.9. The number of nitrogens with zero attached hydrogens (tertiary/aromatic N) is 2. The fourth-order valence-corrected chi connectivity index (χ4v) is 2.62. The Morgan fingerprint density at radius 1 is 1.28 bits per heavy atom. The zero-order chi connectivity index (χ0) is 13.7. The van der Waals surface area contributed by atoms with E-state index in [9.17, 15) is 4.79 Å². The number of hydrogen-bond donors (Lipinski definition) is 1. The summed E-state index contributed by atoms with van der Waals surface area (Å²) in [6, 6.07) is 5.44. The highest BCUT2D eigenvalue weighted by Crippen LogP contribution is 2.26. The highest BCUT2D eigenvalue weighted by Gasteiger charge is 2.13. The Balaban J connectivity index is 2.86. The third-order valence-electron chi connectivity index (χ3n) is 2.44. The van der Waals surface area contributed by atoms with E-state index in [0.29, 0.717) is 5.69 Å². The minimum Gasteiger partial charge on any atom is -0.399 e. The number of carbonyl (C=O) groups excluding carboxylic acids is 1. The van der Waals surface area contributed by atoms with Crippen molar-refractivity contribution in [3.63, 3.8) is 0 Å². The summed E-state index contributed by atoms with van der Waals surface area (Å²) in [5, 5.41) is 0. The number of carbonyl (C=O) groups is 1. The number of anilines is 1. The summed E-state index contributed by atoms with van der Waals surface area (Å²) in [4.78, 5) is 16.7. The number of nitrogens with two attached hydrogens (primary N) is 1. The van der Waals surface area contributed by atoms with Gasteiger partial charge in [0.25, 0.3) is 5.91 Å². The zero-order valence-corrected chi connectivity index (χ0v) is 12.3. The monoisotopic (exact) mass is 267 g/mol. The zero-order valence-electron chi connectivity index (χ0n) is 11.4. The van der Waals surface area contributed by atoms with Gasteiger partial charge in [-0.25, -0.2) is 0 Å². The fourth-order valence-electron chi connectivity index (χ4n) is 1.41. The molecule has 0 aromatic heterocycles. The van der Waals surface area contributed by atoms with Gasteiger partial charge in [0.1, 0.15) is 0 Å². The predicted octanol–water partition coefficient (Wildman–Crippen LogP) is 1.62. The second-order valence-electron chi connectivity index (χ2n) is 4.61. The lowest BCUT2D eigenvalue weighted by Gasteiger charge is -2.15. The third-order valence-corrected chi connectivity index (χ3v) is 3.47. The summed E-state index contributed by atoms with van der Waals surface area (Å²) in [6.45, 7) is 0.967. The summed E-state index contributed by atoms with van der Waals surface area (Å²) >= 11 is 1.67. The standard InChI is InChI=1S/C13H21N3OS/c1-15(2)7-8-18-12-9-10(14)5-6-11(12)13(17)16(3)4/h5-6,9H,7-8,14H2,1-4H3. The maximum Gasteiger partial charge on any atom is 0.254 e. The predicted molar refractivity (Wildman–Crippen MR) is 78.1 cm³/mol. The lowest BCUT2D eigenvalue weighted by molar-refractivity contribution is 0.0824. The van der Waals surface area contributed by atoms with E-state index in [2.05, 4.69) is 4.90 Å². The Bertz CT molecular complexity index is 419. The van der Waals surface area contributed by atoms with Crippen LogP contribution >= 0.6 is 11.8 Å². The van der Waals surface area contributed by atoms with Crippen molar-refractivity contribution in [1.29, 1.82) is 0 Å². The number of benzene rings is 1. The van der Waals surface area contributed by atoms with Crippen LogP contribution in [0.25, 0.3) is 0 Å². The molecule has 18 heavy (non-hydrogen) atoms. The van der Waals surface area contributed by atoms with Gasteiger partial charge in [0, 0.05) is 37.0 Å². The molecular formula is C13H21N3OS. The molecule has 0 fully saturated rings. The highest BCUT2D eigenvalue weighted by molar-refractivity contribution is 7.99. The Morgan fingerprint density at radius 2 is 1.94 bits per heavy atom. The van der Waals surface area contributed by atoms with Gasteiger partial charge in [-0.05, 0) is 32.3 Å². The van der Waals surface area contributed by atoms with Crippen molar-refractivity contribution in [2.75, 3.05) is 46.2 Å². The van der Waals surface area contributed by atoms with E-state index in [1.54, 1.807) is 42.9 Å². The molecule has 5 heteroatoms. The van der Waals surface area contributed by atoms with Crippen LogP contribution in [0.1, 0.15) is 10.4 Å². The molecular weight excluding hydrogens is 246 g/mol. The van der Waals surface area contributed by atoms with Crippen LogP contribution in [0, 0.1) is 0 Å². The summed E-state index contributed by atoms with van der Waals surface area (Å²) < 4.78 is 0. The van der Waals surface area contributed by atoms with Crippen LogP contribution in [0.5, 0.6) is 0 Å². The van der Waals surface area contributed by atoms with Crippen LogP contribution in [0.4, 0.5) is 5.69 Å². The van der Waals surface area contributed by atoms with Gasteiger partial charge < -0.3 is 15.5 Å². The maximum absolute atomic E-state index is 12.0. The Hall–Kier alpha value is -1.20. The van der Waals surface area contributed by atoms with E-state index in [1.807, 2.05) is 20.2 Å². The fraction of sp³-hybridized carbons (Fsp3) is 0.462. The number of nitrogen functional groups attached to an aromatic ring is 1. The molecule has 1 aromatic carbocycles. The average molecular weight is 267 g/mol. The van der Waals surface area contributed by atoms with Gasteiger partial charge in [0.05, 0.1) is 5.56 Å². The molecule has 0 aliphatic carbocycles. The molecule has 0 bridgehead atoms. The van der Waals surface area contributed by atoms with Gasteiger partial charge in [-0.3, -0.25) is 4.79 Å². The van der Waals surface area contributed by atoms with Crippen molar-refractivity contribution in [1.82, 2.24) is 9.80 Å². The molecule has 0 saturated carbocycles. The molecule has 0 heterocycles. The Kier molecular flexibility index (Phi) is 5.50. The first-order chi connectivity index (χ1) is 8.41. The molecule has 0 saturated heterocycles. The van der Waals surface area contributed by atoms with Crippen molar-refractivity contribution in [2.45, 2.75) is 4.90 Å². The Labute approximate surface area is 113 Å². The van der Waals surface area contributed by atoms with Crippen LogP contribution < -0.4 is 5.73 Å². The summed E-state index contributed by atoms with van der Waals surface area (Å²) in [5.41, 5.74) is 7.20. The van der Waals surface area contributed by atoms with Gasteiger partial charge in [-0.2, -0.15) is 0 Å². The van der Waals surface area contributed by atoms with Crippen molar-refractivity contribution in [3.8, 4) is 0 Å². The van der Waals surface area contributed by atoms with Gasteiger partial charge in [0.15, 0.2) is 0 Å². The second-order valence-corrected chi connectivity index (χ2v) is 5.74. The Morgan fingerprint density at radius 3 is 2.50 bits per heavy atom. The molecule has 0 spiro atoms. The topological polar surface area (TPSA) is 49.6 Å². The molecule has 0 aliphatic heterocycles. The molecule has 1 aromatic rings. The normalized spacial score (nSPS) is 10.7. The van der Waals surface area contributed by atoms with Gasteiger partial charge in [-0.1, -0.05) is 0 Å². The van der Waals surface area contributed by atoms with Crippen LogP contribution in [-0.2, 0) is 0 Å². The summed E-state index contributed by atoms with van der Waals surface area (Å²) in [6.07, 6.45) is 0. The van der Waals surface area contributed by atoms with Crippen LogP contribution in [-0.4, -0.2) is 56.2 Å². The van der Waals surface area contributed by atoms with Crippen molar-refractivity contribution in [3.05, 3.63) is 23.8 Å². The smallest absolute Gasteiger partial charge is 0.254 e. The van der Waals surface area contributed by atoms with Gasteiger partial charge >= 0.3 is 0 Å². The number of amides is 1. The third kappa shape index (κ3) is 4.23. The van der Waals surface area contributed by atoms with Crippen molar-refractivity contribution in [2.24, 2.45) is 0 Å². The van der Waals surface area contributed by atoms with Gasteiger partial charge in [-0.15, -0.1) is 11.8 Å². The van der Waals surface area contributed by atoms with Crippen molar-refractivity contribution < 1.29 is 4.79 Å². The van der Waals surface area contributed by atoms with E-state index in [4.69, 9.17) is 5.73 Å². The van der Waals surface area contributed by atoms with E-state index >= 15 is 0 Å². The largest absolute Gasteiger partial charge is 0.399 e. The quantitative estimate of drug-likeness (QED) is 0.650. The van der Waals surface area contributed by atoms with Gasteiger partial charge in [0.2, 0.25) is 0 Å². The molecule has 0 unspecified atom stereocenters. The van der Waals surface area contributed by atoms with E-state index in [0.717, 1.165) is 22.8 Å². The maximum atomic E-state index is 12.0.